The average Bonchev–Trinajstić information content (AvgIpc) is 2.32. The van der Waals surface area contributed by atoms with E-state index >= 15 is 0 Å². The lowest BCUT2D eigenvalue weighted by Gasteiger charge is -2.20. The molecule has 20 heavy (non-hydrogen) atoms. The van der Waals surface area contributed by atoms with E-state index in [4.69, 9.17) is 4.74 Å². The molecule has 0 amide bonds. The Morgan fingerprint density at radius 3 is 2.20 bits per heavy atom. The molecule has 114 valence electrons. The van der Waals surface area contributed by atoms with Crippen LogP contribution in [0.1, 0.15) is 33.6 Å². The highest BCUT2D eigenvalue weighted by Gasteiger charge is 2.07. The number of benzene rings is 1. The van der Waals surface area contributed by atoms with Crippen LogP contribution in [0.5, 0.6) is 5.75 Å². The summed E-state index contributed by atoms with van der Waals surface area (Å²) in [7, 11) is -3.13. The largest absolute Gasteiger partial charge is 0.494 e. The van der Waals surface area contributed by atoms with Gasteiger partial charge in [0.25, 0.3) is 0 Å². The summed E-state index contributed by atoms with van der Waals surface area (Å²) in [5.74, 6) is 0.709. The molecule has 1 aromatic carbocycles. The summed E-state index contributed by atoms with van der Waals surface area (Å²) in [5, 5.41) is 3.42. The summed E-state index contributed by atoms with van der Waals surface area (Å²) in [6, 6.07) is 6.55. The molecule has 0 spiro atoms. The van der Waals surface area contributed by atoms with Crippen LogP contribution >= 0.6 is 0 Å². The molecule has 0 aliphatic heterocycles. The van der Waals surface area contributed by atoms with Crippen molar-refractivity contribution in [3.63, 3.8) is 0 Å². The maximum Gasteiger partial charge on any atom is 0.175 e. The first-order chi connectivity index (χ1) is 9.18. The molecule has 0 aromatic heterocycles. The number of hydrogen-bond acceptors (Lipinski definition) is 4. The standard InChI is InChI=1S/C15H25NO3S/c1-15(2,3)16-11-5-6-12-19-13-7-9-14(10-8-13)20(4,17)18/h7-10,16H,5-6,11-12H2,1-4H3. The van der Waals surface area contributed by atoms with Crippen molar-refractivity contribution in [3.8, 4) is 5.75 Å². The summed E-state index contributed by atoms with van der Waals surface area (Å²) >= 11 is 0. The summed E-state index contributed by atoms with van der Waals surface area (Å²) in [4.78, 5) is 0.319. The number of rotatable bonds is 7. The molecule has 0 aliphatic rings. The predicted octanol–water partition coefficient (Wildman–Crippen LogP) is 2.64. The van der Waals surface area contributed by atoms with Crippen LogP contribution in [0, 0.1) is 0 Å². The maximum atomic E-state index is 11.3. The number of nitrogens with one attached hydrogen (secondary N) is 1. The summed E-state index contributed by atoms with van der Waals surface area (Å²) in [5.41, 5.74) is 0.155. The van der Waals surface area contributed by atoms with Gasteiger partial charge >= 0.3 is 0 Å². The van der Waals surface area contributed by atoms with Crippen LogP contribution in [0.3, 0.4) is 0 Å². The molecule has 0 aliphatic carbocycles. The fourth-order valence-electron chi connectivity index (χ4n) is 1.66. The van der Waals surface area contributed by atoms with Gasteiger partial charge in [-0.3, -0.25) is 0 Å². The number of sulfone groups is 1. The fourth-order valence-corrected chi connectivity index (χ4v) is 2.29. The molecule has 0 saturated heterocycles. The van der Waals surface area contributed by atoms with Crippen molar-refractivity contribution in [3.05, 3.63) is 24.3 Å². The zero-order valence-electron chi connectivity index (χ0n) is 12.8. The summed E-state index contributed by atoms with van der Waals surface area (Å²) in [6.07, 6.45) is 3.22. The number of ether oxygens (including phenoxy) is 1. The maximum absolute atomic E-state index is 11.3. The lowest BCUT2D eigenvalue weighted by atomic mass is 10.1. The quantitative estimate of drug-likeness (QED) is 0.786. The second kappa shape index (κ2) is 7.09. The number of unbranched alkanes of at least 4 members (excludes halogenated alkanes) is 1. The van der Waals surface area contributed by atoms with Crippen molar-refractivity contribution in [1.82, 2.24) is 5.32 Å². The van der Waals surface area contributed by atoms with Gasteiger partial charge in [-0.2, -0.15) is 0 Å². The molecule has 0 fully saturated rings. The molecule has 5 heteroatoms. The van der Waals surface area contributed by atoms with Gasteiger partial charge in [-0.1, -0.05) is 0 Å². The Bertz CT molecular complexity index is 501. The van der Waals surface area contributed by atoms with Gasteiger partial charge in [0, 0.05) is 11.8 Å². The SMILES string of the molecule is CC(C)(C)NCCCCOc1ccc(S(C)(=O)=O)cc1. The highest BCUT2D eigenvalue weighted by atomic mass is 32.2. The van der Waals surface area contributed by atoms with Gasteiger partial charge in [-0.25, -0.2) is 8.42 Å². The molecular formula is C15H25NO3S. The van der Waals surface area contributed by atoms with Crippen LogP contribution in [0.15, 0.2) is 29.2 Å². The third kappa shape index (κ3) is 6.91. The molecule has 0 unspecified atom stereocenters. The van der Waals surface area contributed by atoms with Gasteiger partial charge in [0.2, 0.25) is 0 Å². The lowest BCUT2D eigenvalue weighted by Crippen LogP contribution is -2.36. The Morgan fingerprint density at radius 1 is 1.10 bits per heavy atom. The average molecular weight is 299 g/mol. The van der Waals surface area contributed by atoms with E-state index < -0.39 is 9.84 Å². The monoisotopic (exact) mass is 299 g/mol. The zero-order chi connectivity index (χ0) is 15.2. The van der Waals surface area contributed by atoms with Gasteiger partial charge in [0.05, 0.1) is 11.5 Å². The van der Waals surface area contributed by atoms with E-state index in [0.717, 1.165) is 19.4 Å². The summed E-state index contributed by atoms with van der Waals surface area (Å²) < 4.78 is 28.2. The van der Waals surface area contributed by atoms with Crippen molar-refractivity contribution in [2.24, 2.45) is 0 Å². The third-order valence-corrected chi connectivity index (χ3v) is 3.88. The Hall–Kier alpha value is -1.07. The molecule has 1 rings (SSSR count). The van der Waals surface area contributed by atoms with E-state index in [2.05, 4.69) is 26.1 Å². The van der Waals surface area contributed by atoms with Gasteiger partial charge in [-0.05, 0) is 64.4 Å². The highest BCUT2D eigenvalue weighted by molar-refractivity contribution is 7.90. The predicted molar refractivity (Wildman–Crippen MR) is 82.0 cm³/mol. The van der Waals surface area contributed by atoms with Crippen LogP contribution in [0.2, 0.25) is 0 Å². The normalized spacial score (nSPS) is 12.4. The van der Waals surface area contributed by atoms with Crippen molar-refractivity contribution in [2.45, 2.75) is 44.0 Å². The van der Waals surface area contributed by atoms with Crippen LogP contribution in [-0.4, -0.2) is 33.4 Å². The van der Waals surface area contributed by atoms with Crippen LogP contribution < -0.4 is 10.1 Å². The molecule has 1 aromatic rings. The minimum atomic E-state index is -3.13. The molecule has 4 nitrogen and oxygen atoms in total. The first-order valence-electron chi connectivity index (χ1n) is 6.86. The van der Waals surface area contributed by atoms with Crippen molar-refractivity contribution in [2.75, 3.05) is 19.4 Å². The van der Waals surface area contributed by atoms with E-state index in [-0.39, 0.29) is 5.54 Å². The van der Waals surface area contributed by atoms with Crippen LogP contribution in [-0.2, 0) is 9.84 Å². The molecule has 0 heterocycles. The minimum absolute atomic E-state index is 0.155. The van der Waals surface area contributed by atoms with E-state index in [0.29, 0.717) is 17.3 Å². The molecule has 0 atom stereocenters. The van der Waals surface area contributed by atoms with Crippen LogP contribution in [0.4, 0.5) is 0 Å². The fraction of sp³-hybridized carbons (Fsp3) is 0.600. The zero-order valence-corrected chi connectivity index (χ0v) is 13.6. The topological polar surface area (TPSA) is 55.4 Å². The van der Waals surface area contributed by atoms with E-state index in [1.165, 1.54) is 6.26 Å². The second-order valence-electron chi connectivity index (χ2n) is 5.98. The van der Waals surface area contributed by atoms with Crippen molar-refractivity contribution in [1.29, 1.82) is 0 Å². The smallest absolute Gasteiger partial charge is 0.175 e. The van der Waals surface area contributed by atoms with E-state index in [9.17, 15) is 8.42 Å². The highest BCUT2D eigenvalue weighted by Crippen LogP contribution is 2.16. The van der Waals surface area contributed by atoms with Gasteiger partial charge in [-0.15, -0.1) is 0 Å². The molecular weight excluding hydrogens is 274 g/mol. The van der Waals surface area contributed by atoms with E-state index in [1.807, 2.05) is 0 Å². The van der Waals surface area contributed by atoms with Gasteiger partial charge < -0.3 is 10.1 Å². The van der Waals surface area contributed by atoms with Gasteiger partial charge in [0.1, 0.15) is 5.75 Å². The minimum Gasteiger partial charge on any atom is -0.494 e. The van der Waals surface area contributed by atoms with Gasteiger partial charge in [0.15, 0.2) is 9.84 Å². The van der Waals surface area contributed by atoms with Crippen molar-refractivity contribution < 1.29 is 13.2 Å². The first-order valence-corrected chi connectivity index (χ1v) is 8.75. The molecule has 1 N–H and O–H groups in total. The molecule has 0 saturated carbocycles. The van der Waals surface area contributed by atoms with Crippen LogP contribution in [0.25, 0.3) is 0 Å². The number of hydrogen-bond donors (Lipinski definition) is 1. The Morgan fingerprint density at radius 2 is 1.70 bits per heavy atom. The molecule has 0 bridgehead atoms. The summed E-state index contributed by atoms with van der Waals surface area (Å²) in [6.45, 7) is 8.05. The Balaban J connectivity index is 2.26. The van der Waals surface area contributed by atoms with E-state index in [1.54, 1.807) is 24.3 Å². The molecule has 0 radical (unpaired) electrons. The first kappa shape index (κ1) is 17.0. The Labute approximate surface area is 122 Å². The third-order valence-electron chi connectivity index (χ3n) is 2.75. The Kier molecular flexibility index (Phi) is 6.02. The van der Waals surface area contributed by atoms with Crippen molar-refractivity contribution >= 4 is 9.84 Å². The lowest BCUT2D eigenvalue weighted by molar-refractivity contribution is 0.301. The second-order valence-corrected chi connectivity index (χ2v) is 7.99.